The summed E-state index contributed by atoms with van der Waals surface area (Å²) in [6.07, 6.45) is 12.6. The quantitative estimate of drug-likeness (QED) is 0.165. The summed E-state index contributed by atoms with van der Waals surface area (Å²) in [7, 11) is 0. The smallest absolute Gasteiger partial charge is 0.185 e. The zero-order valence-corrected chi connectivity index (χ0v) is 17.2. The second kappa shape index (κ2) is 11.2. The van der Waals surface area contributed by atoms with E-state index in [0.717, 1.165) is 21.1 Å². The molecular formula is C23H27IO. The molecule has 0 aliphatic heterocycles. The Morgan fingerprint density at radius 1 is 0.960 bits per heavy atom. The number of hydrogen-bond donors (Lipinski definition) is 0. The fourth-order valence-electron chi connectivity index (χ4n) is 2.84. The first-order chi connectivity index (χ1) is 12.2. The molecule has 0 spiro atoms. The zero-order chi connectivity index (χ0) is 17.9. The Bertz CT molecular complexity index is 685. The van der Waals surface area contributed by atoms with E-state index in [1.165, 1.54) is 44.1 Å². The Morgan fingerprint density at radius 2 is 1.68 bits per heavy atom. The second-order valence-corrected chi connectivity index (χ2v) is 7.71. The largest absolute Gasteiger partial charge is 0.289 e. The topological polar surface area (TPSA) is 17.1 Å². The van der Waals surface area contributed by atoms with Crippen LogP contribution in [0.2, 0.25) is 0 Å². The fraction of sp³-hybridized carbons (Fsp3) is 0.348. The Balaban J connectivity index is 1.85. The highest BCUT2D eigenvalue weighted by Gasteiger charge is 2.01. The number of carbonyl (C=O) groups is 1. The van der Waals surface area contributed by atoms with Crippen molar-refractivity contribution in [2.75, 3.05) is 0 Å². The third kappa shape index (κ3) is 7.55. The summed E-state index contributed by atoms with van der Waals surface area (Å²) >= 11 is 2.24. The standard InChI is InChI=1S/C23H27IO/c1-2-3-4-5-6-7-9-19-10-8-11-20(18-19)12-17-23(25)21-13-15-22(24)16-14-21/h8,10-18H,2-7,9H2,1H3. The monoisotopic (exact) mass is 446 g/mol. The van der Waals surface area contributed by atoms with Gasteiger partial charge in [0.25, 0.3) is 0 Å². The van der Waals surface area contributed by atoms with Crippen molar-refractivity contribution in [1.29, 1.82) is 0 Å². The van der Waals surface area contributed by atoms with Crippen molar-refractivity contribution in [2.24, 2.45) is 0 Å². The summed E-state index contributed by atoms with van der Waals surface area (Å²) < 4.78 is 1.14. The van der Waals surface area contributed by atoms with Crippen LogP contribution in [0.4, 0.5) is 0 Å². The first-order valence-electron chi connectivity index (χ1n) is 9.26. The van der Waals surface area contributed by atoms with E-state index < -0.39 is 0 Å². The van der Waals surface area contributed by atoms with Crippen LogP contribution < -0.4 is 0 Å². The number of aryl methyl sites for hydroxylation is 1. The van der Waals surface area contributed by atoms with Crippen molar-refractivity contribution in [1.82, 2.24) is 0 Å². The van der Waals surface area contributed by atoms with Crippen LogP contribution >= 0.6 is 22.6 Å². The van der Waals surface area contributed by atoms with Gasteiger partial charge >= 0.3 is 0 Å². The van der Waals surface area contributed by atoms with Gasteiger partial charge in [-0.15, -0.1) is 0 Å². The van der Waals surface area contributed by atoms with Gasteiger partial charge < -0.3 is 0 Å². The molecule has 0 atom stereocenters. The molecule has 2 aromatic carbocycles. The van der Waals surface area contributed by atoms with Gasteiger partial charge in [-0.2, -0.15) is 0 Å². The Labute approximate surface area is 165 Å². The van der Waals surface area contributed by atoms with E-state index in [4.69, 9.17) is 0 Å². The minimum atomic E-state index is 0.0535. The van der Waals surface area contributed by atoms with Gasteiger partial charge in [-0.05, 0) is 64.8 Å². The first kappa shape index (κ1) is 19.9. The minimum absolute atomic E-state index is 0.0535. The number of allylic oxidation sites excluding steroid dienone is 1. The molecule has 2 heteroatoms. The lowest BCUT2D eigenvalue weighted by Gasteiger charge is -2.03. The predicted molar refractivity (Wildman–Crippen MR) is 116 cm³/mol. The molecule has 0 aromatic heterocycles. The van der Waals surface area contributed by atoms with E-state index in [-0.39, 0.29) is 5.78 Å². The summed E-state index contributed by atoms with van der Waals surface area (Å²) in [5, 5.41) is 0. The molecule has 25 heavy (non-hydrogen) atoms. The molecule has 0 N–H and O–H groups in total. The lowest BCUT2D eigenvalue weighted by molar-refractivity contribution is 0.104. The van der Waals surface area contributed by atoms with Crippen LogP contribution in [0.1, 0.15) is 66.9 Å². The van der Waals surface area contributed by atoms with E-state index in [0.29, 0.717) is 0 Å². The van der Waals surface area contributed by atoms with Gasteiger partial charge in [0.2, 0.25) is 0 Å². The summed E-state index contributed by atoms with van der Waals surface area (Å²) in [5.74, 6) is 0.0535. The SMILES string of the molecule is CCCCCCCCc1cccc(C=CC(=O)c2ccc(I)cc2)c1. The molecular weight excluding hydrogens is 419 g/mol. The van der Waals surface area contributed by atoms with Crippen molar-refractivity contribution in [3.63, 3.8) is 0 Å². The van der Waals surface area contributed by atoms with Crippen LogP contribution in [0.5, 0.6) is 0 Å². The molecule has 2 aromatic rings. The number of hydrogen-bond acceptors (Lipinski definition) is 1. The van der Waals surface area contributed by atoms with E-state index >= 15 is 0 Å². The second-order valence-electron chi connectivity index (χ2n) is 6.47. The van der Waals surface area contributed by atoms with Gasteiger partial charge in [0.05, 0.1) is 0 Å². The Kier molecular flexibility index (Phi) is 8.95. The lowest BCUT2D eigenvalue weighted by atomic mass is 10.0. The molecule has 0 fully saturated rings. The van der Waals surface area contributed by atoms with Crippen LogP contribution in [0.25, 0.3) is 6.08 Å². The molecule has 0 saturated carbocycles. The number of benzene rings is 2. The Morgan fingerprint density at radius 3 is 2.44 bits per heavy atom. The van der Waals surface area contributed by atoms with E-state index in [9.17, 15) is 4.79 Å². The molecule has 0 saturated heterocycles. The van der Waals surface area contributed by atoms with Gasteiger partial charge in [-0.3, -0.25) is 4.79 Å². The van der Waals surface area contributed by atoms with E-state index in [1.54, 1.807) is 6.08 Å². The summed E-state index contributed by atoms with van der Waals surface area (Å²) in [6.45, 7) is 2.25. The molecule has 0 amide bonds. The van der Waals surface area contributed by atoms with Gasteiger partial charge in [-0.1, -0.05) is 81.5 Å². The number of rotatable bonds is 10. The van der Waals surface area contributed by atoms with Crippen LogP contribution in [0.15, 0.2) is 54.6 Å². The van der Waals surface area contributed by atoms with Crippen LogP contribution in [0.3, 0.4) is 0 Å². The predicted octanol–water partition coefficient (Wildman–Crippen LogP) is 7.09. The number of carbonyl (C=O) groups excluding carboxylic acids is 1. The third-order valence-corrected chi connectivity index (χ3v) is 5.05. The maximum atomic E-state index is 12.2. The lowest BCUT2D eigenvalue weighted by Crippen LogP contribution is -1.93. The minimum Gasteiger partial charge on any atom is -0.289 e. The van der Waals surface area contributed by atoms with Crippen molar-refractivity contribution in [3.8, 4) is 0 Å². The third-order valence-electron chi connectivity index (χ3n) is 4.33. The molecule has 2 rings (SSSR count). The molecule has 1 nitrogen and oxygen atoms in total. The summed E-state index contributed by atoms with van der Waals surface area (Å²) in [4.78, 5) is 12.2. The van der Waals surface area contributed by atoms with Crippen LogP contribution in [0, 0.1) is 3.57 Å². The molecule has 0 radical (unpaired) electrons. The van der Waals surface area contributed by atoms with Gasteiger partial charge in [0.1, 0.15) is 0 Å². The summed E-state index contributed by atoms with van der Waals surface area (Å²) in [5.41, 5.74) is 3.20. The van der Waals surface area contributed by atoms with Crippen molar-refractivity contribution in [3.05, 3.63) is 74.9 Å². The normalized spacial score (nSPS) is 11.1. The van der Waals surface area contributed by atoms with Gasteiger partial charge in [0, 0.05) is 9.13 Å². The highest BCUT2D eigenvalue weighted by atomic mass is 127. The zero-order valence-electron chi connectivity index (χ0n) is 15.0. The van der Waals surface area contributed by atoms with Crippen molar-refractivity contribution >= 4 is 34.5 Å². The maximum absolute atomic E-state index is 12.2. The number of unbranched alkanes of at least 4 members (excludes halogenated alkanes) is 5. The number of ketones is 1. The van der Waals surface area contributed by atoms with Gasteiger partial charge in [-0.25, -0.2) is 0 Å². The molecule has 0 aliphatic carbocycles. The van der Waals surface area contributed by atoms with Crippen molar-refractivity contribution in [2.45, 2.75) is 51.9 Å². The maximum Gasteiger partial charge on any atom is 0.185 e. The molecule has 0 aliphatic rings. The van der Waals surface area contributed by atoms with Crippen molar-refractivity contribution < 1.29 is 4.79 Å². The summed E-state index contributed by atoms with van der Waals surface area (Å²) in [6, 6.07) is 16.2. The van der Waals surface area contributed by atoms with Gasteiger partial charge in [0.15, 0.2) is 5.78 Å². The molecule has 132 valence electrons. The van der Waals surface area contributed by atoms with Crippen LogP contribution in [-0.4, -0.2) is 5.78 Å². The molecule has 0 bridgehead atoms. The molecule has 0 heterocycles. The average molecular weight is 446 g/mol. The van der Waals surface area contributed by atoms with E-state index in [2.05, 4.69) is 53.8 Å². The fourth-order valence-corrected chi connectivity index (χ4v) is 3.20. The highest BCUT2D eigenvalue weighted by Crippen LogP contribution is 2.14. The van der Waals surface area contributed by atoms with Crippen LogP contribution in [-0.2, 0) is 6.42 Å². The average Bonchev–Trinajstić information content (AvgIpc) is 2.63. The highest BCUT2D eigenvalue weighted by molar-refractivity contribution is 14.1. The first-order valence-corrected chi connectivity index (χ1v) is 10.3. The Hall–Kier alpha value is -1.42. The number of halogens is 1. The molecule has 0 unspecified atom stereocenters. The van der Waals surface area contributed by atoms with E-state index in [1.807, 2.05) is 30.3 Å².